The van der Waals surface area contributed by atoms with E-state index in [1.807, 2.05) is 20.8 Å². The number of rotatable bonds is 19. The van der Waals surface area contributed by atoms with Gasteiger partial charge in [-0.2, -0.15) is 35.3 Å². The number of carbonyl (C=O) groups excluding carboxylic acids is 1. The molecule has 0 spiro atoms. The fourth-order valence-electron chi connectivity index (χ4n) is 4.59. The highest BCUT2D eigenvalue weighted by molar-refractivity contribution is 8.02. The SMILES string of the molecule is Cc1ccc(S(=O)(=O)CCSCC(CSCCS(=O)(=O)c2ccc(C)cc2)(CSCCS(=O)(=O)c2ccc(C)cc2)C(=O)OC(C)(C)C)cc1. The largest absolute Gasteiger partial charge is 0.459 e. The molecule has 0 atom stereocenters. The van der Waals surface area contributed by atoms with Gasteiger partial charge in [-0.3, -0.25) is 4.79 Å². The maximum absolute atomic E-state index is 14.0. The molecule has 0 aromatic heterocycles. The maximum Gasteiger partial charge on any atom is 0.315 e. The van der Waals surface area contributed by atoms with Crippen molar-refractivity contribution in [2.24, 2.45) is 5.41 Å². The monoisotopic (exact) mass is 800 g/mol. The van der Waals surface area contributed by atoms with Crippen LogP contribution in [0.15, 0.2) is 87.5 Å². The standard InChI is InChI=1S/C36H48O8S6/c1-28-7-13-31(14-8-28)48(38,39)22-19-45-25-36(34(37)44-35(4,5)6,26-46-20-23-49(40,41)32-15-9-29(2)10-16-32)27-47-21-24-50(42,43)33-17-11-30(3)12-18-33/h7-18H,19-27H2,1-6H3. The van der Waals surface area contributed by atoms with Crippen LogP contribution in [0, 0.1) is 26.2 Å². The van der Waals surface area contributed by atoms with Gasteiger partial charge < -0.3 is 4.74 Å². The Bertz CT molecular complexity index is 1680. The lowest BCUT2D eigenvalue weighted by molar-refractivity contribution is -0.163. The van der Waals surface area contributed by atoms with Crippen LogP contribution in [0.1, 0.15) is 37.5 Å². The third-order valence-corrected chi connectivity index (χ3v) is 17.3. The molecule has 0 aliphatic carbocycles. The van der Waals surface area contributed by atoms with Crippen LogP contribution < -0.4 is 0 Å². The van der Waals surface area contributed by atoms with Gasteiger partial charge in [-0.1, -0.05) is 53.1 Å². The van der Waals surface area contributed by atoms with Gasteiger partial charge in [0.25, 0.3) is 0 Å². The molecule has 0 heterocycles. The van der Waals surface area contributed by atoms with Crippen LogP contribution in [-0.4, -0.2) is 88.6 Å². The maximum atomic E-state index is 14.0. The molecule has 14 heteroatoms. The molecule has 0 amide bonds. The molecule has 0 fully saturated rings. The fraction of sp³-hybridized carbons (Fsp3) is 0.472. The second-order valence-electron chi connectivity index (χ2n) is 13.3. The number of hydrogen-bond acceptors (Lipinski definition) is 11. The van der Waals surface area contributed by atoms with E-state index < -0.39 is 46.5 Å². The second-order valence-corrected chi connectivity index (χ2v) is 23.0. The number of ether oxygens (including phenoxy) is 1. The van der Waals surface area contributed by atoms with E-state index in [9.17, 15) is 30.0 Å². The number of thioether (sulfide) groups is 3. The molecule has 8 nitrogen and oxygen atoms in total. The van der Waals surface area contributed by atoms with E-state index in [2.05, 4.69) is 0 Å². The first kappa shape index (κ1) is 42.4. The Kier molecular flexibility index (Phi) is 15.4. The third kappa shape index (κ3) is 13.2. The lowest BCUT2D eigenvalue weighted by Gasteiger charge is -2.34. The van der Waals surface area contributed by atoms with Crippen molar-refractivity contribution >= 4 is 70.8 Å². The second kappa shape index (κ2) is 18.2. The Hall–Kier alpha value is -1.97. The molecule has 0 aliphatic heterocycles. The number of esters is 1. The van der Waals surface area contributed by atoms with Crippen LogP contribution in [0.3, 0.4) is 0 Å². The van der Waals surface area contributed by atoms with Crippen molar-refractivity contribution in [3.63, 3.8) is 0 Å². The highest BCUT2D eigenvalue weighted by Gasteiger charge is 2.42. The van der Waals surface area contributed by atoms with Gasteiger partial charge in [-0.15, -0.1) is 0 Å². The molecule has 0 radical (unpaired) electrons. The summed E-state index contributed by atoms with van der Waals surface area (Å²) in [6, 6.07) is 20.0. The predicted octanol–water partition coefficient (Wildman–Crippen LogP) is 6.86. The summed E-state index contributed by atoms with van der Waals surface area (Å²) in [4.78, 5) is 14.7. The molecule has 276 valence electrons. The summed E-state index contributed by atoms with van der Waals surface area (Å²) in [5.41, 5.74) is 0.888. The highest BCUT2D eigenvalue weighted by Crippen LogP contribution is 2.36. The molecule has 3 rings (SSSR count). The number of sulfone groups is 3. The fourth-order valence-corrected chi connectivity index (χ4v) is 14.0. The molecule has 0 aliphatic rings. The number of aryl methyl sites for hydroxylation is 3. The molecule has 0 bridgehead atoms. The molecule has 0 N–H and O–H groups in total. The first-order valence-electron chi connectivity index (χ1n) is 16.1. The van der Waals surface area contributed by atoms with Crippen LogP contribution in [0.25, 0.3) is 0 Å². The summed E-state index contributed by atoms with van der Waals surface area (Å²) in [6.45, 7) is 10.9. The Morgan fingerprint density at radius 2 is 0.780 bits per heavy atom. The lowest BCUT2D eigenvalue weighted by atomic mass is 9.95. The molecule has 0 saturated heterocycles. The Balaban J connectivity index is 1.79. The predicted molar refractivity (Wildman–Crippen MR) is 210 cm³/mol. The Morgan fingerprint density at radius 3 is 1.02 bits per heavy atom. The zero-order chi connectivity index (χ0) is 37.2. The van der Waals surface area contributed by atoms with Crippen LogP contribution in [-0.2, 0) is 39.0 Å². The van der Waals surface area contributed by atoms with Crippen molar-refractivity contribution in [3.8, 4) is 0 Å². The van der Waals surface area contributed by atoms with E-state index in [-0.39, 0.29) is 66.5 Å². The quantitative estimate of drug-likeness (QED) is 0.0932. The van der Waals surface area contributed by atoms with E-state index in [0.717, 1.165) is 16.7 Å². The van der Waals surface area contributed by atoms with Crippen LogP contribution in [0.4, 0.5) is 0 Å². The molecule has 3 aromatic carbocycles. The first-order chi connectivity index (χ1) is 23.2. The first-order valence-corrected chi connectivity index (χ1v) is 24.5. The van der Waals surface area contributed by atoms with Crippen molar-refractivity contribution in [3.05, 3.63) is 89.5 Å². The van der Waals surface area contributed by atoms with Gasteiger partial charge in [0.2, 0.25) is 0 Å². The van der Waals surface area contributed by atoms with Gasteiger partial charge in [0.15, 0.2) is 29.5 Å². The summed E-state index contributed by atoms with van der Waals surface area (Å²) in [6.07, 6.45) is 0. The number of hydrogen-bond donors (Lipinski definition) is 0. The number of carbonyl (C=O) groups is 1. The van der Waals surface area contributed by atoms with E-state index in [1.165, 1.54) is 35.3 Å². The zero-order valence-corrected chi connectivity index (χ0v) is 34.4. The van der Waals surface area contributed by atoms with Gasteiger partial charge in [0.05, 0.1) is 37.4 Å². The van der Waals surface area contributed by atoms with E-state index >= 15 is 0 Å². The molecular formula is C36H48O8S6. The minimum Gasteiger partial charge on any atom is -0.459 e. The molecular weight excluding hydrogens is 753 g/mol. The van der Waals surface area contributed by atoms with Crippen molar-refractivity contribution in [1.29, 1.82) is 0 Å². The normalized spacial score (nSPS) is 12.9. The third-order valence-electron chi connectivity index (χ3n) is 7.60. The summed E-state index contributed by atoms with van der Waals surface area (Å²) >= 11 is 3.96. The minimum absolute atomic E-state index is 0.130. The van der Waals surface area contributed by atoms with Crippen molar-refractivity contribution in [1.82, 2.24) is 0 Å². The zero-order valence-electron chi connectivity index (χ0n) is 29.5. The summed E-state index contributed by atoms with van der Waals surface area (Å²) in [7, 11) is -10.7. The van der Waals surface area contributed by atoms with Crippen LogP contribution in [0.2, 0.25) is 0 Å². The van der Waals surface area contributed by atoms with Crippen LogP contribution >= 0.6 is 35.3 Å². The van der Waals surface area contributed by atoms with E-state index in [4.69, 9.17) is 4.74 Å². The van der Waals surface area contributed by atoms with E-state index in [1.54, 1.807) is 93.6 Å². The van der Waals surface area contributed by atoms with Gasteiger partial charge in [-0.05, 0) is 77.9 Å². The average molecular weight is 801 g/mol. The Labute approximate surface area is 312 Å². The van der Waals surface area contributed by atoms with Gasteiger partial charge >= 0.3 is 5.97 Å². The van der Waals surface area contributed by atoms with Gasteiger partial charge in [0.1, 0.15) is 5.60 Å². The number of benzene rings is 3. The van der Waals surface area contributed by atoms with Crippen molar-refractivity contribution in [2.45, 2.75) is 61.8 Å². The van der Waals surface area contributed by atoms with Gasteiger partial charge in [0, 0.05) is 34.5 Å². The molecule has 50 heavy (non-hydrogen) atoms. The summed E-state index contributed by atoms with van der Waals surface area (Å²) in [5.74, 6) is 0.419. The van der Waals surface area contributed by atoms with Crippen LogP contribution in [0.5, 0.6) is 0 Å². The van der Waals surface area contributed by atoms with Crippen molar-refractivity contribution < 1.29 is 34.8 Å². The molecule has 3 aromatic rings. The summed E-state index contributed by atoms with van der Waals surface area (Å²) in [5, 5.41) is 0. The lowest BCUT2D eigenvalue weighted by Crippen LogP contribution is -2.44. The Morgan fingerprint density at radius 1 is 0.520 bits per heavy atom. The highest BCUT2D eigenvalue weighted by atomic mass is 32.2. The van der Waals surface area contributed by atoms with Gasteiger partial charge in [-0.25, -0.2) is 25.3 Å². The topological polar surface area (TPSA) is 129 Å². The smallest absolute Gasteiger partial charge is 0.315 e. The summed E-state index contributed by atoms with van der Waals surface area (Å²) < 4.78 is 84.2. The average Bonchev–Trinajstić information content (AvgIpc) is 3.03. The molecule has 0 unspecified atom stereocenters. The minimum atomic E-state index is -3.56. The molecule has 0 saturated carbocycles. The van der Waals surface area contributed by atoms with E-state index in [0.29, 0.717) is 0 Å². The van der Waals surface area contributed by atoms with Crippen molar-refractivity contribution in [2.75, 3.05) is 51.8 Å².